The number of carbonyl (C=O) groups excluding carboxylic acids is 1. The van der Waals surface area contributed by atoms with Crippen molar-refractivity contribution in [2.24, 2.45) is 0 Å². The monoisotopic (exact) mass is 538 g/mol. The molecule has 2 heterocycles. The number of fused-ring (bicyclic) bond motifs is 1. The molecular weight excluding hydrogens is 504 g/mol. The number of rotatable bonds is 10. The van der Waals surface area contributed by atoms with Gasteiger partial charge < -0.3 is 20.5 Å². The smallest absolute Gasteiger partial charge is 0.252 e. The Morgan fingerprint density at radius 3 is 2.45 bits per heavy atom. The van der Waals surface area contributed by atoms with Gasteiger partial charge in [0.15, 0.2) is 0 Å². The molecule has 3 aromatic rings. The number of hydrogen-bond donors (Lipinski definition) is 4. The summed E-state index contributed by atoms with van der Waals surface area (Å²) < 4.78 is 34.9. The Bertz CT molecular complexity index is 1360. The second kappa shape index (κ2) is 11.6. The van der Waals surface area contributed by atoms with Crippen molar-refractivity contribution in [3.63, 3.8) is 0 Å². The minimum absolute atomic E-state index is 0.0811. The van der Waals surface area contributed by atoms with E-state index in [4.69, 9.17) is 4.74 Å². The number of aryl methyl sites for hydroxylation is 1. The first-order chi connectivity index (χ1) is 18.1. The average molecular weight is 539 g/mol. The molecule has 0 fully saturated rings. The molecule has 2 aromatic carbocycles. The Morgan fingerprint density at radius 1 is 1.05 bits per heavy atom. The van der Waals surface area contributed by atoms with Crippen LogP contribution in [0.5, 0.6) is 5.88 Å². The Balaban J connectivity index is 1.48. The second-order valence-corrected chi connectivity index (χ2v) is 11.5. The molecule has 1 aromatic heterocycles. The number of pyridine rings is 1. The molecule has 4 rings (SSSR count). The number of aliphatic hydroxyl groups is 1. The topological polar surface area (TPSA) is 130 Å². The summed E-state index contributed by atoms with van der Waals surface area (Å²) in [5, 5.41) is 17.2. The zero-order valence-corrected chi connectivity index (χ0v) is 22.6. The zero-order chi connectivity index (χ0) is 27.3. The Morgan fingerprint density at radius 2 is 1.76 bits per heavy atom. The van der Waals surface area contributed by atoms with Gasteiger partial charge in [-0.3, -0.25) is 4.79 Å². The van der Waals surface area contributed by atoms with Crippen molar-refractivity contribution >= 4 is 15.9 Å². The van der Waals surface area contributed by atoms with E-state index in [9.17, 15) is 18.3 Å². The number of hydrogen-bond acceptors (Lipinski definition) is 7. The van der Waals surface area contributed by atoms with Gasteiger partial charge in [-0.2, -0.15) is 0 Å². The van der Waals surface area contributed by atoms with Crippen LogP contribution in [0.2, 0.25) is 0 Å². The molecule has 1 amide bonds. The van der Waals surface area contributed by atoms with Crippen molar-refractivity contribution in [3.8, 4) is 5.88 Å². The lowest BCUT2D eigenvalue weighted by atomic mass is 9.88. The van der Waals surface area contributed by atoms with Gasteiger partial charge in [0.05, 0.1) is 16.5 Å². The molecule has 202 valence electrons. The highest BCUT2D eigenvalue weighted by Gasteiger charge is 2.45. The minimum Gasteiger partial charge on any atom is -0.469 e. The Hall–Kier alpha value is -3.31. The molecule has 0 radical (unpaired) electrons. The van der Waals surface area contributed by atoms with Crippen LogP contribution < -0.4 is 20.1 Å². The quantitative estimate of drug-likeness (QED) is 0.292. The molecule has 10 heteroatoms. The third-order valence-electron chi connectivity index (χ3n) is 6.55. The van der Waals surface area contributed by atoms with Crippen LogP contribution in [-0.4, -0.2) is 49.2 Å². The second-order valence-electron chi connectivity index (χ2n) is 9.78. The van der Waals surface area contributed by atoms with Crippen LogP contribution in [0.15, 0.2) is 71.8 Å². The van der Waals surface area contributed by atoms with E-state index in [0.717, 1.165) is 17.5 Å². The fraction of sp³-hybridized carbons (Fsp3) is 0.357. The van der Waals surface area contributed by atoms with Crippen LogP contribution >= 0.6 is 0 Å². The fourth-order valence-corrected chi connectivity index (χ4v) is 5.47. The molecule has 0 unspecified atom stereocenters. The van der Waals surface area contributed by atoms with E-state index in [1.165, 1.54) is 24.4 Å². The fourth-order valence-electron chi connectivity index (χ4n) is 4.24. The highest BCUT2D eigenvalue weighted by Crippen LogP contribution is 2.39. The first-order valence-corrected chi connectivity index (χ1v) is 14.1. The third-order valence-corrected chi connectivity index (χ3v) is 8.00. The van der Waals surface area contributed by atoms with Gasteiger partial charge in [-0.15, -0.1) is 0 Å². The van der Waals surface area contributed by atoms with E-state index in [-0.39, 0.29) is 22.2 Å². The average Bonchev–Trinajstić information content (AvgIpc) is 2.91. The largest absolute Gasteiger partial charge is 0.469 e. The molecule has 9 nitrogen and oxygen atoms in total. The van der Waals surface area contributed by atoms with Crippen LogP contribution in [0.1, 0.15) is 53.9 Å². The summed E-state index contributed by atoms with van der Waals surface area (Å²) >= 11 is 0. The number of carbonyl (C=O) groups is 1. The first kappa shape index (κ1) is 27.7. The zero-order valence-electron chi connectivity index (χ0n) is 21.8. The van der Waals surface area contributed by atoms with Crippen LogP contribution in [0.4, 0.5) is 0 Å². The molecule has 38 heavy (non-hydrogen) atoms. The van der Waals surface area contributed by atoms with E-state index < -0.39 is 27.8 Å². The molecule has 0 bridgehead atoms. The van der Waals surface area contributed by atoms with Crippen molar-refractivity contribution < 1.29 is 23.1 Å². The summed E-state index contributed by atoms with van der Waals surface area (Å²) in [4.78, 5) is 17.2. The van der Waals surface area contributed by atoms with Gasteiger partial charge in [0.2, 0.25) is 15.9 Å². The predicted molar refractivity (Wildman–Crippen MR) is 144 cm³/mol. The first-order valence-electron chi connectivity index (χ1n) is 12.6. The normalized spacial score (nSPS) is 18.3. The molecule has 0 spiro atoms. The maximum absolute atomic E-state index is 13.2. The molecule has 0 saturated heterocycles. The molecule has 2 atom stereocenters. The number of aliphatic hydroxyl groups excluding tert-OH is 1. The molecule has 0 saturated carbocycles. The standard InChI is InChI=1S/C28H34N4O5S/c1-4-19-10-12-22(13-11-19)38(35,36)32-24-23-16-21(18-31-27(23)37-28(2,3)25(24)33)26(34)30-15-14-29-17-20-8-6-5-7-9-20/h5-13,16,18,24-25,29,32-33H,4,14-15,17H2,1-3H3,(H,30,34)/t24-,25+/m1/s1. The number of nitrogens with one attached hydrogen (secondary N) is 3. The van der Waals surface area contributed by atoms with Crippen molar-refractivity contribution in [2.45, 2.75) is 56.4 Å². The van der Waals surface area contributed by atoms with Gasteiger partial charge in [-0.1, -0.05) is 49.4 Å². The van der Waals surface area contributed by atoms with E-state index in [2.05, 4.69) is 20.3 Å². The maximum Gasteiger partial charge on any atom is 0.252 e. The summed E-state index contributed by atoms with van der Waals surface area (Å²) in [5.74, 6) is -0.201. The molecule has 1 aliphatic heterocycles. The minimum atomic E-state index is -3.99. The summed E-state index contributed by atoms with van der Waals surface area (Å²) in [6, 6.07) is 17.0. The lowest BCUT2D eigenvalue weighted by molar-refractivity contribution is -0.0632. The molecular formula is C28H34N4O5S. The van der Waals surface area contributed by atoms with E-state index >= 15 is 0 Å². The highest BCUT2D eigenvalue weighted by molar-refractivity contribution is 7.89. The van der Waals surface area contributed by atoms with Gasteiger partial charge in [0.1, 0.15) is 11.7 Å². The van der Waals surface area contributed by atoms with Crippen LogP contribution in [0, 0.1) is 0 Å². The summed E-state index contributed by atoms with van der Waals surface area (Å²) in [6.45, 7) is 6.94. The van der Waals surface area contributed by atoms with Crippen LogP contribution in [0.25, 0.3) is 0 Å². The summed E-state index contributed by atoms with van der Waals surface area (Å²) in [7, 11) is -3.99. The molecule has 4 N–H and O–H groups in total. The van der Waals surface area contributed by atoms with Gasteiger partial charge >= 0.3 is 0 Å². The van der Waals surface area contributed by atoms with E-state index in [0.29, 0.717) is 25.2 Å². The summed E-state index contributed by atoms with van der Waals surface area (Å²) in [6.07, 6.45) is 0.934. The molecule has 1 aliphatic rings. The highest BCUT2D eigenvalue weighted by atomic mass is 32.2. The van der Waals surface area contributed by atoms with Gasteiger partial charge in [-0.25, -0.2) is 18.1 Å². The third kappa shape index (κ3) is 6.39. The number of nitrogens with zero attached hydrogens (tertiary/aromatic N) is 1. The van der Waals surface area contributed by atoms with Crippen molar-refractivity contribution in [3.05, 3.63) is 89.1 Å². The lowest BCUT2D eigenvalue weighted by Crippen LogP contribution is -2.53. The maximum atomic E-state index is 13.2. The Labute approximate surface area is 223 Å². The Kier molecular flexibility index (Phi) is 8.47. The number of amides is 1. The predicted octanol–water partition coefficient (Wildman–Crippen LogP) is 2.72. The van der Waals surface area contributed by atoms with Gasteiger partial charge in [0, 0.05) is 31.4 Å². The number of sulfonamides is 1. The summed E-state index contributed by atoms with van der Waals surface area (Å²) in [5.41, 5.74) is 1.57. The van der Waals surface area contributed by atoms with Crippen molar-refractivity contribution in [2.75, 3.05) is 13.1 Å². The number of benzene rings is 2. The van der Waals surface area contributed by atoms with Gasteiger partial charge in [0.25, 0.3) is 5.91 Å². The van der Waals surface area contributed by atoms with Crippen molar-refractivity contribution in [1.82, 2.24) is 20.3 Å². The van der Waals surface area contributed by atoms with Crippen LogP contribution in [-0.2, 0) is 23.0 Å². The number of aromatic nitrogens is 1. The van der Waals surface area contributed by atoms with E-state index in [1.54, 1.807) is 26.0 Å². The SMILES string of the molecule is CCc1ccc(S(=O)(=O)N[C@@H]2c3cc(C(=O)NCCNCc4ccccc4)cnc3OC(C)(C)[C@H]2O)cc1. The number of ether oxygens (including phenoxy) is 1. The lowest BCUT2D eigenvalue weighted by Gasteiger charge is -2.41. The van der Waals surface area contributed by atoms with Crippen LogP contribution in [0.3, 0.4) is 0 Å². The molecule has 0 aliphatic carbocycles. The van der Waals surface area contributed by atoms with Gasteiger partial charge in [-0.05, 0) is 49.6 Å². The van der Waals surface area contributed by atoms with E-state index in [1.807, 2.05) is 37.3 Å². The van der Waals surface area contributed by atoms with Crippen molar-refractivity contribution in [1.29, 1.82) is 0 Å².